The number of aliphatic hydroxyl groups excluding tert-OH is 1. The second-order valence-corrected chi connectivity index (χ2v) is 7.18. The number of piperidine rings is 1. The number of hydrogen-bond donors (Lipinski definition) is 2. The highest BCUT2D eigenvalue weighted by Crippen LogP contribution is 2.22. The molecule has 0 radical (unpaired) electrons. The average Bonchev–Trinajstić information content (AvgIpc) is 2.52. The second kappa shape index (κ2) is 12.3. The summed E-state index contributed by atoms with van der Waals surface area (Å²) in [7, 11) is 2.03. The highest BCUT2D eigenvalue weighted by Gasteiger charge is 2.29. The predicted octanol–water partition coefficient (Wildman–Crippen LogP) is 3.95. The van der Waals surface area contributed by atoms with E-state index in [9.17, 15) is 5.11 Å². The minimum absolute atomic E-state index is 0.153. The summed E-state index contributed by atoms with van der Waals surface area (Å²) in [5, 5.41) is 13.5. The summed E-state index contributed by atoms with van der Waals surface area (Å²) in [6.07, 6.45) is 14.2. The van der Waals surface area contributed by atoms with E-state index >= 15 is 0 Å². The van der Waals surface area contributed by atoms with Crippen LogP contribution in [0.4, 0.5) is 0 Å². The molecule has 3 atom stereocenters. The van der Waals surface area contributed by atoms with Gasteiger partial charge < -0.3 is 10.4 Å². The molecule has 1 aliphatic rings. The van der Waals surface area contributed by atoms with Gasteiger partial charge in [0.05, 0.1) is 6.10 Å². The number of hydrogen-bond acceptors (Lipinski definition) is 3. The van der Waals surface area contributed by atoms with Gasteiger partial charge in [-0.25, -0.2) is 0 Å². The van der Waals surface area contributed by atoms with E-state index in [0.717, 1.165) is 19.5 Å². The topological polar surface area (TPSA) is 35.5 Å². The van der Waals surface area contributed by atoms with Crippen LogP contribution in [-0.2, 0) is 0 Å². The lowest BCUT2D eigenvalue weighted by Crippen LogP contribution is -2.53. The maximum atomic E-state index is 10.2. The van der Waals surface area contributed by atoms with Crippen molar-refractivity contribution >= 4 is 0 Å². The third-order valence-corrected chi connectivity index (χ3v) is 5.16. The highest BCUT2D eigenvalue weighted by molar-refractivity contribution is 4.86. The Morgan fingerprint density at radius 2 is 1.55 bits per heavy atom. The molecule has 132 valence electrons. The van der Waals surface area contributed by atoms with Gasteiger partial charge >= 0.3 is 0 Å². The summed E-state index contributed by atoms with van der Waals surface area (Å²) in [6, 6.07) is 1.14. The summed E-state index contributed by atoms with van der Waals surface area (Å²) in [4.78, 5) is 2.57. The van der Waals surface area contributed by atoms with Gasteiger partial charge in [-0.05, 0) is 26.3 Å². The lowest BCUT2D eigenvalue weighted by Gasteiger charge is -2.40. The molecule has 1 heterocycles. The molecule has 1 fully saturated rings. The first-order chi connectivity index (χ1) is 10.7. The molecule has 0 aliphatic carbocycles. The minimum Gasteiger partial charge on any atom is -0.392 e. The maximum absolute atomic E-state index is 10.2. The number of nitrogens with one attached hydrogen (secondary N) is 1. The lowest BCUT2D eigenvalue weighted by atomic mass is 9.95. The van der Waals surface area contributed by atoms with Crippen LogP contribution in [0.3, 0.4) is 0 Å². The first kappa shape index (κ1) is 19.9. The maximum Gasteiger partial charge on any atom is 0.0682 e. The van der Waals surface area contributed by atoms with Crippen LogP contribution in [0.25, 0.3) is 0 Å². The van der Waals surface area contributed by atoms with Crippen LogP contribution in [0, 0.1) is 0 Å². The molecule has 22 heavy (non-hydrogen) atoms. The second-order valence-electron chi connectivity index (χ2n) is 7.18. The molecule has 2 N–H and O–H groups in total. The predicted molar refractivity (Wildman–Crippen MR) is 96.4 cm³/mol. The Morgan fingerprint density at radius 1 is 0.955 bits per heavy atom. The van der Waals surface area contributed by atoms with Crippen LogP contribution >= 0.6 is 0 Å². The third kappa shape index (κ3) is 7.94. The van der Waals surface area contributed by atoms with E-state index in [0.29, 0.717) is 12.1 Å². The SMILES string of the molecule is CCCCCCCC(CCCCC)N1C[C@H](O)C[C@@H](NC)C1. The largest absolute Gasteiger partial charge is 0.392 e. The van der Waals surface area contributed by atoms with Crippen LogP contribution < -0.4 is 5.32 Å². The smallest absolute Gasteiger partial charge is 0.0682 e. The van der Waals surface area contributed by atoms with Gasteiger partial charge in [0.15, 0.2) is 0 Å². The summed E-state index contributed by atoms with van der Waals surface area (Å²) in [5.41, 5.74) is 0. The fraction of sp³-hybridized carbons (Fsp3) is 1.00. The molecule has 1 saturated heterocycles. The van der Waals surface area contributed by atoms with Crippen molar-refractivity contribution in [2.75, 3.05) is 20.1 Å². The Balaban J connectivity index is 2.44. The van der Waals surface area contributed by atoms with Crippen molar-refractivity contribution in [1.82, 2.24) is 10.2 Å². The summed E-state index contributed by atoms with van der Waals surface area (Å²) < 4.78 is 0. The molecule has 1 unspecified atom stereocenters. The number of unbranched alkanes of at least 4 members (excludes halogenated alkanes) is 6. The van der Waals surface area contributed by atoms with Gasteiger partial charge in [0.1, 0.15) is 0 Å². The normalized spacial score (nSPS) is 24.5. The van der Waals surface area contributed by atoms with E-state index in [4.69, 9.17) is 0 Å². The monoisotopic (exact) mass is 312 g/mol. The van der Waals surface area contributed by atoms with Crippen molar-refractivity contribution in [2.24, 2.45) is 0 Å². The quantitative estimate of drug-likeness (QED) is 0.536. The van der Waals surface area contributed by atoms with Crippen molar-refractivity contribution < 1.29 is 5.11 Å². The minimum atomic E-state index is -0.153. The van der Waals surface area contributed by atoms with Crippen LogP contribution in [0.2, 0.25) is 0 Å². The number of likely N-dealkylation sites (N-methyl/N-ethyl adjacent to an activating group) is 1. The molecular formula is C19H40N2O. The van der Waals surface area contributed by atoms with Crippen LogP contribution in [0.1, 0.15) is 84.5 Å². The van der Waals surface area contributed by atoms with Crippen LogP contribution in [0.5, 0.6) is 0 Å². The van der Waals surface area contributed by atoms with Crippen LogP contribution in [-0.4, -0.2) is 48.3 Å². The Kier molecular flexibility index (Phi) is 11.2. The number of rotatable bonds is 12. The molecule has 0 aromatic carbocycles. The van der Waals surface area contributed by atoms with Gasteiger partial charge in [-0.3, -0.25) is 4.90 Å². The highest BCUT2D eigenvalue weighted by atomic mass is 16.3. The number of likely N-dealkylation sites (tertiary alicyclic amines) is 1. The first-order valence-electron chi connectivity index (χ1n) is 9.80. The molecule has 0 aromatic heterocycles. The molecule has 3 nitrogen and oxygen atoms in total. The summed E-state index contributed by atoms with van der Waals surface area (Å²) in [5.74, 6) is 0. The first-order valence-corrected chi connectivity index (χ1v) is 9.80. The Hall–Kier alpha value is -0.120. The molecule has 0 saturated carbocycles. The third-order valence-electron chi connectivity index (χ3n) is 5.16. The fourth-order valence-electron chi connectivity index (χ4n) is 3.74. The van der Waals surface area contributed by atoms with Crippen molar-refractivity contribution in [3.05, 3.63) is 0 Å². The summed E-state index contributed by atoms with van der Waals surface area (Å²) in [6.45, 7) is 6.55. The Bertz CT molecular complexity index is 260. The Labute approximate surface area is 138 Å². The fourth-order valence-corrected chi connectivity index (χ4v) is 3.74. The van der Waals surface area contributed by atoms with E-state index in [1.54, 1.807) is 0 Å². The van der Waals surface area contributed by atoms with Crippen LogP contribution in [0.15, 0.2) is 0 Å². The van der Waals surface area contributed by atoms with Crippen molar-refractivity contribution in [1.29, 1.82) is 0 Å². The molecule has 0 bridgehead atoms. The lowest BCUT2D eigenvalue weighted by molar-refractivity contribution is 0.0250. The van der Waals surface area contributed by atoms with E-state index in [1.807, 2.05) is 7.05 Å². The van der Waals surface area contributed by atoms with Gasteiger partial charge in [-0.1, -0.05) is 65.2 Å². The number of β-amino-alcohol motifs (C(OH)–C–C–N with tert-alkyl or cyclic N) is 1. The Morgan fingerprint density at radius 3 is 2.18 bits per heavy atom. The zero-order valence-electron chi connectivity index (χ0n) is 15.3. The zero-order chi connectivity index (χ0) is 16.2. The van der Waals surface area contributed by atoms with Gasteiger partial charge in [0, 0.05) is 25.2 Å². The van der Waals surface area contributed by atoms with Crippen molar-refractivity contribution in [3.63, 3.8) is 0 Å². The number of nitrogens with zero attached hydrogens (tertiary/aromatic N) is 1. The van der Waals surface area contributed by atoms with Gasteiger partial charge in [-0.15, -0.1) is 0 Å². The van der Waals surface area contributed by atoms with E-state index in [1.165, 1.54) is 64.2 Å². The van der Waals surface area contributed by atoms with E-state index in [-0.39, 0.29) is 6.10 Å². The zero-order valence-corrected chi connectivity index (χ0v) is 15.3. The van der Waals surface area contributed by atoms with E-state index in [2.05, 4.69) is 24.1 Å². The molecule has 3 heteroatoms. The van der Waals surface area contributed by atoms with Crippen molar-refractivity contribution in [2.45, 2.75) is 103 Å². The van der Waals surface area contributed by atoms with Gasteiger partial charge in [-0.2, -0.15) is 0 Å². The molecular weight excluding hydrogens is 272 g/mol. The van der Waals surface area contributed by atoms with Gasteiger partial charge in [0.25, 0.3) is 0 Å². The number of aliphatic hydroxyl groups is 1. The molecule has 1 rings (SSSR count). The van der Waals surface area contributed by atoms with Crippen molar-refractivity contribution in [3.8, 4) is 0 Å². The standard InChI is InChI=1S/C19H40N2O/c1-4-6-8-9-11-13-18(12-10-7-5-2)21-15-17(20-3)14-19(22)16-21/h17-20,22H,4-16H2,1-3H3/t17-,18?,19-/m1/s1. The molecule has 0 spiro atoms. The van der Waals surface area contributed by atoms with E-state index < -0.39 is 0 Å². The van der Waals surface area contributed by atoms with Gasteiger partial charge in [0.2, 0.25) is 0 Å². The molecule has 0 amide bonds. The molecule has 1 aliphatic heterocycles. The molecule has 0 aromatic rings. The average molecular weight is 313 g/mol. The summed E-state index contributed by atoms with van der Waals surface area (Å²) >= 11 is 0.